The van der Waals surface area contributed by atoms with Crippen molar-refractivity contribution < 1.29 is 19.1 Å². The standard InChI is InChI=1S/C24H30O4/c1-18(2)24(19(3)4,17-28-23(26)21-13-9-6-10-14-21)15-16-27-22(25)20-11-7-5-8-12-20/h5-14,18-19H,15-17H2,1-4H3. The molecule has 0 saturated heterocycles. The van der Waals surface area contributed by atoms with Gasteiger partial charge in [-0.15, -0.1) is 0 Å². The van der Waals surface area contributed by atoms with Gasteiger partial charge in [-0.25, -0.2) is 9.59 Å². The Morgan fingerprint density at radius 2 is 1.18 bits per heavy atom. The molecule has 0 N–H and O–H groups in total. The summed E-state index contributed by atoms with van der Waals surface area (Å²) in [4.78, 5) is 24.6. The summed E-state index contributed by atoms with van der Waals surface area (Å²) in [5, 5.41) is 0. The van der Waals surface area contributed by atoms with Gasteiger partial charge in [-0.1, -0.05) is 64.1 Å². The van der Waals surface area contributed by atoms with Gasteiger partial charge in [0.2, 0.25) is 0 Å². The van der Waals surface area contributed by atoms with Crippen molar-refractivity contribution in [3.8, 4) is 0 Å². The van der Waals surface area contributed by atoms with Crippen LogP contribution in [-0.4, -0.2) is 25.2 Å². The van der Waals surface area contributed by atoms with E-state index in [9.17, 15) is 9.59 Å². The average Bonchev–Trinajstić information content (AvgIpc) is 2.71. The quantitative estimate of drug-likeness (QED) is 0.546. The van der Waals surface area contributed by atoms with Crippen LogP contribution in [0.3, 0.4) is 0 Å². The second-order valence-corrected chi connectivity index (χ2v) is 7.74. The first kappa shape index (κ1) is 21.7. The fourth-order valence-corrected chi connectivity index (χ4v) is 3.50. The number of hydrogen-bond donors (Lipinski definition) is 0. The van der Waals surface area contributed by atoms with Crippen LogP contribution in [-0.2, 0) is 9.47 Å². The summed E-state index contributed by atoms with van der Waals surface area (Å²) >= 11 is 0. The average molecular weight is 383 g/mol. The topological polar surface area (TPSA) is 52.6 Å². The highest BCUT2D eigenvalue weighted by molar-refractivity contribution is 5.89. The summed E-state index contributed by atoms with van der Waals surface area (Å²) in [5.41, 5.74) is 0.804. The van der Waals surface area contributed by atoms with E-state index in [4.69, 9.17) is 9.47 Å². The van der Waals surface area contributed by atoms with Crippen LogP contribution < -0.4 is 0 Å². The third kappa shape index (κ3) is 5.44. The maximum atomic E-state index is 12.4. The van der Waals surface area contributed by atoms with Gasteiger partial charge in [0.25, 0.3) is 0 Å². The van der Waals surface area contributed by atoms with Gasteiger partial charge in [-0.05, 0) is 42.5 Å². The molecule has 0 bridgehead atoms. The Hall–Kier alpha value is -2.62. The first-order chi connectivity index (χ1) is 13.4. The number of carbonyl (C=O) groups excluding carboxylic acids is 2. The zero-order valence-electron chi connectivity index (χ0n) is 17.2. The molecule has 0 fully saturated rings. The second kappa shape index (κ2) is 10.1. The molecule has 0 saturated carbocycles. The highest BCUT2D eigenvalue weighted by Gasteiger charge is 2.38. The van der Waals surface area contributed by atoms with Crippen LogP contribution in [0.1, 0.15) is 54.8 Å². The highest BCUT2D eigenvalue weighted by Crippen LogP contribution is 2.40. The summed E-state index contributed by atoms with van der Waals surface area (Å²) in [6, 6.07) is 18.0. The number of ether oxygens (including phenoxy) is 2. The van der Waals surface area contributed by atoms with Crippen molar-refractivity contribution in [3.63, 3.8) is 0 Å². The number of rotatable bonds is 9. The molecule has 0 spiro atoms. The predicted octanol–water partition coefficient (Wildman–Crippen LogP) is 5.39. The smallest absolute Gasteiger partial charge is 0.338 e. The van der Waals surface area contributed by atoms with Gasteiger partial charge in [0.05, 0.1) is 24.3 Å². The Morgan fingerprint density at radius 1 is 0.750 bits per heavy atom. The molecule has 0 amide bonds. The molecule has 0 radical (unpaired) electrons. The van der Waals surface area contributed by atoms with E-state index in [-0.39, 0.29) is 35.8 Å². The maximum Gasteiger partial charge on any atom is 0.338 e. The Labute approximate surface area is 167 Å². The lowest BCUT2D eigenvalue weighted by molar-refractivity contribution is -0.0230. The molecular formula is C24H30O4. The van der Waals surface area contributed by atoms with Crippen LogP contribution in [0.5, 0.6) is 0 Å². The van der Waals surface area contributed by atoms with Gasteiger partial charge in [0, 0.05) is 5.41 Å². The first-order valence-electron chi connectivity index (χ1n) is 9.81. The van der Waals surface area contributed by atoms with Crippen molar-refractivity contribution in [3.05, 3.63) is 71.8 Å². The lowest BCUT2D eigenvalue weighted by Crippen LogP contribution is -2.40. The molecule has 28 heavy (non-hydrogen) atoms. The van der Waals surface area contributed by atoms with E-state index in [1.807, 2.05) is 36.4 Å². The van der Waals surface area contributed by atoms with E-state index >= 15 is 0 Å². The van der Waals surface area contributed by atoms with Crippen LogP contribution in [0.2, 0.25) is 0 Å². The Balaban J connectivity index is 2.02. The largest absolute Gasteiger partial charge is 0.462 e. The fraction of sp³-hybridized carbons (Fsp3) is 0.417. The van der Waals surface area contributed by atoms with Crippen LogP contribution in [0.15, 0.2) is 60.7 Å². The number of carbonyl (C=O) groups is 2. The second-order valence-electron chi connectivity index (χ2n) is 7.74. The summed E-state index contributed by atoms with van der Waals surface area (Å²) in [6.45, 7) is 9.06. The Kier molecular flexibility index (Phi) is 7.80. The van der Waals surface area contributed by atoms with Crippen molar-refractivity contribution >= 4 is 11.9 Å². The third-order valence-electron chi connectivity index (χ3n) is 5.59. The maximum absolute atomic E-state index is 12.4. The van der Waals surface area contributed by atoms with E-state index in [2.05, 4.69) is 27.7 Å². The molecule has 0 aliphatic carbocycles. The SMILES string of the molecule is CC(C)C(CCOC(=O)c1ccccc1)(COC(=O)c1ccccc1)C(C)C. The zero-order chi connectivity index (χ0) is 20.6. The molecule has 2 rings (SSSR count). The number of hydrogen-bond acceptors (Lipinski definition) is 4. The fourth-order valence-electron chi connectivity index (χ4n) is 3.50. The van der Waals surface area contributed by atoms with Gasteiger partial charge in [0.1, 0.15) is 0 Å². The zero-order valence-corrected chi connectivity index (χ0v) is 17.2. The molecule has 0 aliphatic heterocycles. The molecule has 0 aliphatic rings. The molecule has 2 aromatic rings. The van der Waals surface area contributed by atoms with Gasteiger partial charge >= 0.3 is 11.9 Å². The number of benzene rings is 2. The van der Waals surface area contributed by atoms with E-state index in [0.29, 0.717) is 24.2 Å². The minimum Gasteiger partial charge on any atom is -0.462 e. The van der Waals surface area contributed by atoms with Crippen molar-refractivity contribution in [2.75, 3.05) is 13.2 Å². The molecule has 4 nitrogen and oxygen atoms in total. The molecule has 4 heteroatoms. The molecular weight excluding hydrogens is 352 g/mol. The van der Waals surface area contributed by atoms with Gasteiger partial charge < -0.3 is 9.47 Å². The predicted molar refractivity (Wildman–Crippen MR) is 110 cm³/mol. The Bertz CT molecular complexity index is 743. The van der Waals surface area contributed by atoms with Crippen LogP contribution in [0.4, 0.5) is 0 Å². The van der Waals surface area contributed by atoms with E-state index < -0.39 is 0 Å². The van der Waals surface area contributed by atoms with Crippen molar-refractivity contribution in [1.82, 2.24) is 0 Å². The first-order valence-corrected chi connectivity index (χ1v) is 9.81. The summed E-state index contributed by atoms with van der Waals surface area (Å²) in [6.07, 6.45) is 0.628. The summed E-state index contributed by atoms with van der Waals surface area (Å²) in [7, 11) is 0. The van der Waals surface area contributed by atoms with E-state index in [1.165, 1.54) is 0 Å². The monoisotopic (exact) mass is 382 g/mol. The summed E-state index contributed by atoms with van der Waals surface area (Å²) < 4.78 is 11.2. The highest BCUT2D eigenvalue weighted by atomic mass is 16.5. The minimum atomic E-state index is -0.330. The molecule has 0 unspecified atom stereocenters. The molecule has 0 atom stereocenters. The Morgan fingerprint density at radius 3 is 1.61 bits per heavy atom. The van der Waals surface area contributed by atoms with Crippen molar-refractivity contribution in [1.29, 1.82) is 0 Å². The normalized spacial score (nSPS) is 11.5. The molecule has 2 aromatic carbocycles. The van der Waals surface area contributed by atoms with Crippen LogP contribution in [0.25, 0.3) is 0 Å². The van der Waals surface area contributed by atoms with Gasteiger partial charge in [-0.2, -0.15) is 0 Å². The van der Waals surface area contributed by atoms with E-state index in [0.717, 1.165) is 0 Å². The molecule has 150 valence electrons. The molecule has 0 aromatic heterocycles. The van der Waals surface area contributed by atoms with Gasteiger partial charge in [-0.3, -0.25) is 0 Å². The molecule has 0 heterocycles. The van der Waals surface area contributed by atoms with Crippen molar-refractivity contribution in [2.24, 2.45) is 17.3 Å². The lowest BCUT2D eigenvalue weighted by Gasteiger charge is -2.40. The van der Waals surface area contributed by atoms with Crippen LogP contribution in [0, 0.1) is 17.3 Å². The summed E-state index contributed by atoms with van der Waals surface area (Å²) in [5.74, 6) is -0.145. The van der Waals surface area contributed by atoms with Crippen molar-refractivity contribution in [2.45, 2.75) is 34.1 Å². The minimum absolute atomic E-state index is 0.256. The number of esters is 2. The third-order valence-corrected chi connectivity index (χ3v) is 5.59. The van der Waals surface area contributed by atoms with Crippen LogP contribution >= 0.6 is 0 Å². The lowest BCUT2D eigenvalue weighted by atomic mass is 9.67. The van der Waals surface area contributed by atoms with E-state index in [1.54, 1.807) is 24.3 Å². The van der Waals surface area contributed by atoms with Gasteiger partial charge in [0.15, 0.2) is 0 Å².